The number of hydrogen-bond acceptors (Lipinski definition) is 3. The zero-order valence-corrected chi connectivity index (χ0v) is 5.29. The molecule has 0 atom stereocenters. The molecule has 0 amide bonds. The minimum absolute atomic E-state index is 0.0116. The second-order valence-electron chi connectivity index (χ2n) is 1.66. The van der Waals surface area contributed by atoms with Crippen LogP contribution in [-0.2, 0) is 4.84 Å². The van der Waals surface area contributed by atoms with Crippen molar-refractivity contribution in [3.63, 3.8) is 0 Å². The Morgan fingerprint density at radius 3 is 2.12 bits per heavy atom. The first-order valence-electron chi connectivity index (χ1n) is 2.39. The Labute approximate surface area is 48.3 Å². The van der Waals surface area contributed by atoms with Crippen LogP contribution in [0.1, 0.15) is 13.8 Å². The minimum Gasteiger partial charge on any atom is -0.257 e. The Morgan fingerprint density at radius 1 is 1.62 bits per heavy atom. The predicted octanol–water partition coefficient (Wildman–Crippen LogP) is 0.940. The Balaban J connectivity index is 3.51. The van der Waals surface area contributed by atoms with Crippen molar-refractivity contribution in [2.45, 2.75) is 19.9 Å². The zero-order valence-electron chi connectivity index (χ0n) is 5.29. The molecule has 0 aliphatic carbocycles. The van der Waals surface area contributed by atoms with Gasteiger partial charge in [0.05, 0.1) is 18.4 Å². The maximum Gasteiger partial charge on any atom is 0.0791 e. The van der Waals surface area contributed by atoms with E-state index in [9.17, 15) is 4.91 Å². The summed E-state index contributed by atoms with van der Waals surface area (Å²) < 4.78 is 0. The molecule has 0 aromatic heterocycles. The third kappa shape index (κ3) is 1.88. The molecule has 0 aliphatic rings. The monoisotopic (exact) mass is 118 g/mol. The van der Waals surface area contributed by atoms with Gasteiger partial charge in [-0.1, -0.05) is 0 Å². The van der Waals surface area contributed by atoms with Crippen LogP contribution in [0.3, 0.4) is 0 Å². The second-order valence-corrected chi connectivity index (χ2v) is 1.66. The van der Waals surface area contributed by atoms with Gasteiger partial charge >= 0.3 is 0 Å². The van der Waals surface area contributed by atoms with E-state index >= 15 is 0 Å². The maximum atomic E-state index is 9.73. The molecule has 0 aromatic carbocycles. The summed E-state index contributed by atoms with van der Waals surface area (Å²) in [5, 5.41) is 3.55. The number of nitrogens with zero attached hydrogens (tertiary/aromatic N) is 2. The molecule has 4 nitrogen and oxygen atoms in total. The topological polar surface area (TPSA) is 41.9 Å². The molecule has 0 aromatic rings. The lowest BCUT2D eigenvalue weighted by Crippen LogP contribution is -2.23. The van der Waals surface area contributed by atoms with Crippen LogP contribution in [0, 0.1) is 4.91 Å². The normalized spacial score (nSPS) is 9.50. The van der Waals surface area contributed by atoms with Crippen molar-refractivity contribution in [2.24, 2.45) is 5.29 Å². The van der Waals surface area contributed by atoms with Gasteiger partial charge in [-0.25, -0.2) is 0 Å². The summed E-state index contributed by atoms with van der Waals surface area (Å²) >= 11 is 0. The standard InChI is InChI=1S/C4H10N2O2/c1-4(2)6(5-7)8-3/h4H,1-3H3. The molecule has 0 aliphatic heterocycles. The van der Waals surface area contributed by atoms with Gasteiger partial charge < -0.3 is 0 Å². The molecule has 8 heavy (non-hydrogen) atoms. The number of rotatable bonds is 3. The van der Waals surface area contributed by atoms with Gasteiger partial charge in [0, 0.05) is 0 Å². The molecule has 0 radical (unpaired) electrons. The first-order valence-corrected chi connectivity index (χ1v) is 2.39. The first kappa shape index (κ1) is 7.36. The van der Waals surface area contributed by atoms with Gasteiger partial charge in [-0.2, -0.15) is 0 Å². The van der Waals surface area contributed by atoms with Crippen LogP contribution < -0.4 is 0 Å². The average molecular weight is 118 g/mol. The van der Waals surface area contributed by atoms with Crippen LogP contribution in [0.4, 0.5) is 0 Å². The Morgan fingerprint density at radius 2 is 2.12 bits per heavy atom. The molecule has 0 rings (SSSR count). The fourth-order valence-corrected chi connectivity index (χ4v) is 0.338. The van der Waals surface area contributed by atoms with Crippen molar-refractivity contribution < 1.29 is 4.84 Å². The molecule has 0 unspecified atom stereocenters. The quantitative estimate of drug-likeness (QED) is 0.409. The highest BCUT2D eigenvalue weighted by atomic mass is 16.7. The SMILES string of the molecule is CON(N=O)C(C)C. The zero-order chi connectivity index (χ0) is 6.57. The van der Waals surface area contributed by atoms with Crippen LogP contribution in [0.25, 0.3) is 0 Å². The predicted molar refractivity (Wildman–Crippen MR) is 29.8 cm³/mol. The maximum absolute atomic E-state index is 9.73. The van der Waals surface area contributed by atoms with Crippen LogP contribution in [-0.4, -0.2) is 18.3 Å². The number of nitroso groups, excluding NO2 is 1. The van der Waals surface area contributed by atoms with E-state index in [1.807, 2.05) is 13.8 Å². The first-order chi connectivity index (χ1) is 3.72. The largest absolute Gasteiger partial charge is 0.257 e. The molecule has 0 saturated carbocycles. The van der Waals surface area contributed by atoms with E-state index in [4.69, 9.17) is 0 Å². The van der Waals surface area contributed by atoms with E-state index in [0.717, 1.165) is 5.17 Å². The summed E-state index contributed by atoms with van der Waals surface area (Å²) in [6, 6.07) is 0.0116. The van der Waals surface area contributed by atoms with Crippen LogP contribution >= 0.6 is 0 Å². The van der Waals surface area contributed by atoms with Gasteiger partial charge in [0.1, 0.15) is 0 Å². The number of hydroxylamine groups is 1. The van der Waals surface area contributed by atoms with Gasteiger partial charge in [0.2, 0.25) is 0 Å². The number of hydrogen-bond donors (Lipinski definition) is 0. The Bertz CT molecular complexity index is 74.4. The van der Waals surface area contributed by atoms with Crippen LogP contribution in [0.5, 0.6) is 0 Å². The van der Waals surface area contributed by atoms with Crippen molar-refractivity contribution >= 4 is 0 Å². The van der Waals surface area contributed by atoms with Crippen molar-refractivity contribution in [2.75, 3.05) is 7.11 Å². The molecule has 0 spiro atoms. The summed E-state index contributed by atoms with van der Waals surface area (Å²) in [6.07, 6.45) is 0. The van der Waals surface area contributed by atoms with Gasteiger partial charge in [-0.15, -0.1) is 10.1 Å². The van der Waals surface area contributed by atoms with Gasteiger partial charge in [0.25, 0.3) is 0 Å². The second kappa shape index (κ2) is 3.37. The fraction of sp³-hybridized carbons (Fsp3) is 1.00. The smallest absolute Gasteiger partial charge is 0.0791 e. The summed E-state index contributed by atoms with van der Waals surface area (Å²) in [5.74, 6) is 0. The summed E-state index contributed by atoms with van der Waals surface area (Å²) in [4.78, 5) is 14.2. The van der Waals surface area contributed by atoms with Crippen molar-refractivity contribution in [3.8, 4) is 0 Å². The van der Waals surface area contributed by atoms with E-state index in [0.29, 0.717) is 0 Å². The van der Waals surface area contributed by atoms with E-state index in [1.165, 1.54) is 7.11 Å². The van der Waals surface area contributed by atoms with Gasteiger partial charge in [-0.3, -0.25) is 4.84 Å². The average Bonchev–Trinajstić information content (AvgIpc) is 1.69. The van der Waals surface area contributed by atoms with Crippen molar-refractivity contribution in [1.82, 2.24) is 5.17 Å². The van der Waals surface area contributed by atoms with Gasteiger partial charge in [-0.05, 0) is 13.8 Å². The highest BCUT2D eigenvalue weighted by Gasteiger charge is 2.03. The van der Waals surface area contributed by atoms with E-state index < -0.39 is 0 Å². The molecule has 48 valence electrons. The molecule has 0 heterocycles. The van der Waals surface area contributed by atoms with Crippen LogP contribution in [0.15, 0.2) is 5.29 Å². The lowest BCUT2D eigenvalue weighted by atomic mass is 10.4. The highest BCUT2D eigenvalue weighted by molar-refractivity contribution is 4.42. The molecule has 4 heteroatoms. The lowest BCUT2D eigenvalue weighted by molar-refractivity contribution is -0.154. The molecular formula is C4H10N2O2. The van der Waals surface area contributed by atoms with Gasteiger partial charge in [0.15, 0.2) is 0 Å². The van der Waals surface area contributed by atoms with E-state index in [-0.39, 0.29) is 6.04 Å². The Hall–Kier alpha value is -0.640. The van der Waals surface area contributed by atoms with E-state index in [1.54, 1.807) is 0 Å². The fourth-order valence-electron chi connectivity index (χ4n) is 0.338. The molecule has 0 N–H and O–H groups in total. The molecule has 0 fully saturated rings. The molecule has 0 saturated heterocycles. The summed E-state index contributed by atoms with van der Waals surface area (Å²) in [7, 11) is 1.40. The van der Waals surface area contributed by atoms with Crippen LogP contribution in [0.2, 0.25) is 0 Å². The lowest BCUT2D eigenvalue weighted by Gasteiger charge is -2.14. The Kier molecular flexibility index (Phi) is 3.10. The summed E-state index contributed by atoms with van der Waals surface area (Å²) in [5.41, 5.74) is 0. The van der Waals surface area contributed by atoms with E-state index in [2.05, 4.69) is 10.1 Å². The van der Waals surface area contributed by atoms with Crippen molar-refractivity contribution in [1.29, 1.82) is 0 Å². The third-order valence-corrected chi connectivity index (χ3v) is 0.709. The molecule has 0 bridgehead atoms. The molecular weight excluding hydrogens is 108 g/mol. The third-order valence-electron chi connectivity index (χ3n) is 0.709. The highest BCUT2D eigenvalue weighted by Crippen LogP contribution is 1.95. The minimum atomic E-state index is 0.0116. The van der Waals surface area contributed by atoms with Crippen molar-refractivity contribution in [3.05, 3.63) is 4.91 Å². The summed E-state index contributed by atoms with van der Waals surface area (Å²) in [6.45, 7) is 3.62.